The number of aliphatic carboxylic acids is 1. The van der Waals surface area contributed by atoms with Crippen LogP contribution in [0.2, 0.25) is 0 Å². The molecule has 0 atom stereocenters. The van der Waals surface area contributed by atoms with Crippen molar-refractivity contribution in [3.05, 3.63) is 11.4 Å². The van der Waals surface area contributed by atoms with Gasteiger partial charge in [0.15, 0.2) is 0 Å². The van der Waals surface area contributed by atoms with Crippen LogP contribution in [0.15, 0.2) is 0 Å². The molecule has 1 aliphatic rings. The second-order valence-corrected chi connectivity index (χ2v) is 1.74. The third-order valence-electron chi connectivity index (χ3n) is 1.12. The maximum atomic E-state index is 10.1. The van der Waals surface area contributed by atoms with Gasteiger partial charge in [-0.2, -0.15) is 13.0 Å². The summed E-state index contributed by atoms with van der Waals surface area (Å²) in [4.78, 5) is 10.1. The van der Waals surface area contributed by atoms with Crippen molar-refractivity contribution in [2.24, 2.45) is 0 Å². The summed E-state index contributed by atoms with van der Waals surface area (Å²) < 4.78 is 0. The average Bonchev–Trinajstić information content (AvgIpc) is 2.12. The van der Waals surface area contributed by atoms with Gasteiger partial charge < -0.3 is 16.5 Å². The van der Waals surface area contributed by atoms with Crippen LogP contribution in [0, 0.1) is 6.04 Å². The van der Waals surface area contributed by atoms with Gasteiger partial charge in [0.1, 0.15) is 5.97 Å². The molecule has 0 bridgehead atoms. The van der Waals surface area contributed by atoms with E-state index in [2.05, 4.69) is 5.32 Å². The largest absolute Gasteiger partial charge is 1.00 e. The molecule has 5 heteroatoms. The van der Waals surface area contributed by atoms with Crippen molar-refractivity contribution in [1.29, 1.82) is 0 Å². The predicted octanol–water partition coefficient (Wildman–Crippen LogP) is -5.22. The monoisotopic (exact) mass is 127 g/mol. The third kappa shape index (κ3) is 3.61. The standard InChI is InChI=1S/C5H7NO2.2Li/c7-5(8)4-2-1-3-6-4;;/h1-3H2,(H,7,8);;/q-2;2*+1. The van der Waals surface area contributed by atoms with Gasteiger partial charge in [0, 0.05) is 0 Å². The molecule has 0 radical (unpaired) electrons. The second kappa shape index (κ2) is 6.22. The van der Waals surface area contributed by atoms with Crippen LogP contribution in [-0.4, -0.2) is 17.6 Å². The molecule has 10 heavy (non-hydrogen) atoms. The summed E-state index contributed by atoms with van der Waals surface area (Å²) >= 11 is 0. The Balaban J connectivity index is 0. The summed E-state index contributed by atoms with van der Waals surface area (Å²) in [7, 11) is 0. The molecule has 0 aromatic rings. The maximum absolute atomic E-state index is 10.1. The van der Waals surface area contributed by atoms with Gasteiger partial charge in [-0.15, -0.1) is 0 Å². The van der Waals surface area contributed by atoms with E-state index in [0.717, 1.165) is 6.42 Å². The number of hydrogen-bond donors (Lipinski definition) is 1. The Labute approximate surface area is 84.3 Å². The molecular formula is C5H7Li2NO2. The molecule has 0 amide bonds. The SMILES string of the molecule is O=C(O)[C-]1CCC[N-]1.[Li+].[Li+]. The van der Waals surface area contributed by atoms with Crippen molar-refractivity contribution in [3.63, 3.8) is 0 Å². The van der Waals surface area contributed by atoms with Gasteiger partial charge in [-0.25, -0.2) is 0 Å². The van der Waals surface area contributed by atoms with E-state index in [-0.39, 0.29) is 37.7 Å². The van der Waals surface area contributed by atoms with Crippen LogP contribution >= 0.6 is 0 Å². The van der Waals surface area contributed by atoms with Crippen LogP contribution in [0.5, 0.6) is 0 Å². The molecule has 0 spiro atoms. The van der Waals surface area contributed by atoms with Gasteiger partial charge in [0.05, 0.1) is 0 Å². The summed E-state index contributed by atoms with van der Waals surface area (Å²) in [6.07, 6.45) is 1.55. The van der Waals surface area contributed by atoms with E-state index in [1.807, 2.05) is 0 Å². The molecule has 1 fully saturated rings. The molecule has 1 rings (SSSR count). The van der Waals surface area contributed by atoms with Crippen molar-refractivity contribution >= 4 is 5.97 Å². The van der Waals surface area contributed by atoms with Crippen molar-refractivity contribution in [2.45, 2.75) is 12.8 Å². The van der Waals surface area contributed by atoms with Gasteiger partial charge in [0.2, 0.25) is 0 Å². The predicted molar refractivity (Wildman–Crippen MR) is 28.3 cm³/mol. The van der Waals surface area contributed by atoms with Gasteiger partial charge in [-0.05, 0) is 0 Å². The van der Waals surface area contributed by atoms with Gasteiger partial charge in [-0.1, -0.05) is 6.42 Å². The van der Waals surface area contributed by atoms with E-state index in [9.17, 15) is 4.79 Å². The Morgan fingerprint density at radius 2 is 2.10 bits per heavy atom. The zero-order chi connectivity index (χ0) is 5.98. The first-order valence-electron chi connectivity index (χ1n) is 2.57. The Hall–Kier alpha value is 0.495. The Morgan fingerprint density at radius 1 is 1.50 bits per heavy atom. The van der Waals surface area contributed by atoms with Crippen molar-refractivity contribution in [1.82, 2.24) is 0 Å². The summed E-state index contributed by atoms with van der Waals surface area (Å²) in [6.45, 7) is 0.696. The molecule has 0 aliphatic carbocycles. The van der Waals surface area contributed by atoms with E-state index in [1.165, 1.54) is 0 Å². The summed E-state index contributed by atoms with van der Waals surface area (Å²) in [5, 5.41) is 12.0. The van der Waals surface area contributed by atoms with E-state index >= 15 is 0 Å². The minimum Gasteiger partial charge on any atom is -0.808 e. The fourth-order valence-corrected chi connectivity index (χ4v) is 0.714. The Kier molecular flexibility index (Phi) is 8.16. The number of carboxylic acids is 1. The first-order valence-corrected chi connectivity index (χ1v) is 2.57. The zero-order valence-electron chi connectivity index (χ0n) is 6.42. The van der Waals surface area contributed by atoms with Crippen LogP contribution in [0.4, 0.5) is 0 Å². The van der Waals surface area contributed by atoms with Gasteiger partial charge in [0.25, 0.3) is 0 Å². The molecule has 0 aromatic carbocycles. The van der Waals surface area contributed by atoms with Crippen LogP contribution in [-0.2, 0) is 4.79 Å². The Bertz CT molecular complexity index is 104. The number of nitrogens with zero attached hydrogens (tertiary/aromatic N) is 1. The van der Waals surface area contributed by atoms with Crippen molar-refractivity contribution in [2.75, 3.05) is 6.54 Å². The number of carbonyl (C=O) groups is 1. The molecule has 0 unspecified atom stereocenters. The van der Waals surface area contributed by atoms with Crippen molar-refractivity contribution in [3.8, 4) is 0 Å². The van der Waals surface area contributed by atoms with Gasteiger partial charge >= 0.3 is 37.7 Å². The molecule has 0 aromatic heterocycles. The van der Waals surface area contributed by atoms with E-state index < -0.39 is 5.97 Å². The summed E-state index contributed by atoms with van der Waals surface area (Å²) in [5.41, 5.74) is 0. The van der Waals surface area contributed by atoms with E-state index in [0.29, 0.717) is 19.0 Å². The molecular weight excluding hydrogens is 120 g/mol. The van der Waals surface area contributed by atoms with Crippen LogP contribution < -0.4 is 37.7 Å². The topological polar surface area (TPSA) is 51.4 Å². The van der Waals surface area contributed by atoms with Crippen molar-refractivity contribution < 1.29 is 47.6 Å². The van der Waals surface area contributed by atoms with E-state index in [1.54, 1.807) is 0 Å². The molecule has 1 aliphatic heterocycles. The third-order valence-corrected chi connectivity index (χ3v) is 1.12. The fourth-order valence-electron chi connectivity index (χ4n) is 0.714. The first-order chi connectivity index (χ1) is 3.80. The van der Waals surface area contributed by atoms with Crippen LogP contribution in [0.1, 0.15) is 12.8 Å². The molecule has 3 nitrogen and oxygen atoms in total. The molecule has 1 heterocycles. The normalized spacial score (nSPS) is 15.4. The summed E-state index contributed by atoms with van der Waals surface area (Å²) in [6, 6.07) is 0.338. The quantitative estimate of drug-likeness (QED) is 0.282. The minimum absolute atomic E-state index is 0. The molecule has 0 saturated carbocycles. The minimum atomic E-state index is -0.859. The first kappa shape index (κ1) is 13.1. The maximum Gasteiger partial charge on any atom is 1.00 e. The fraction of sp³-hybridized carbons (Fsp3) is 0.600. The molecule has 46 valence electrons. The zero-order valence-corrected chi connectivity index (χ0v) is 6.42. The summed E-state index contributed by atoms with van der Waals surface area (Å²) in [5.74, 6) is -0.859. The second-order valence-electron chi connectivity index (χ2n) is 1.74. The van der Waals surface area contributed by atoms with Crippen LogP contribution in [0.25, 0.3) is 5.32 Å². The smallest absolute Gasteiger partial charge is 0.808 e. The van der Waals surface area contributed by atoms with Gasteiger partial charge in [-0.3, -0.25) is 4.79 Å². The molecule has 1 N–H and O–H groups in total. The average molecular weight is 127 g/mol. The van der Waals surface area contributed by atoms with Crippen LogP contribution in [0.3, 0.4) is 0 Å². The van der Waals surface area contributed by atoms with E-state index in [4.69, 9.17) is 5.11 Å². The Morgan fingerprint density at radius 3 is 2.30 bits per heavy atom. The number of carboxylic acid groups (broad SMARTS) is 1. The number of rotatable bonds is 1. The number of hydrogen-bond acceptors (Lipinski definition) is 1. The molecule has 1 saturated heterocycles.